The van der Waals surface area contributed by atoms with Crippen molar-refractivity contribution in [3.63, 3.8) is 0 Å². The Morgan fingerprint density at radius 3 is 2.48 bits per heavy atom. The molecule has 160 valence electrons. The topological polar surface area (TPSA) is 37.6 Å². The van der Waals surface area contributed by atoms with Crippen LogP contribution in [0.1, 0.15) is 16.1 Å². The zero-order valence-corrected chi connectivity index (χ0v) is 19.3. The minimum Gasteiger partial charge on any atom is -0.343 e. The van der Waals surface area contributed by atoms with Crippen LogP contribution < -0.4 is 4.90 Å². The maximum absolute atomic E-state index is 13.9. The van der Waals surface area contributed by atoms with Gasteiger partial charge in [-0.05, 0) is 54.6 Å². The molecule has 3 heterocycles. The number of aromatic nitrogens is 2. The van der Waals surface area contributed by atoms with Gasteiger partial charge < -0.3 is 4.90 Å². The molecule has 4 nitrogen and oxygen atoms in total. The molecule has 0 saturated heterocycles. The number of fused-ring (bicyclic) bond motifs is 3. The number of pyridine rings is 1. The molecular formula is C27H18ClN3OS. The van der Waals surface area contributed by atoms with Gasteiger partial charge in [0.25, 0.3) is 0 Å². The molecular weight excluding hydrogens is 450 g/mol. The number of hydrogen-bond donors (Lipinski definition) is 0. The molecule has 0 spiro atoms. The number of carbonyl (C=O) groups excluding carboxylic acids is 1. The SMILES string of the molecule is CN1c2ccccc2Sc2ccc(C(=O)c3c(-c4ccc(Cl)cc4)nc4ccccn34)cc21. The number of para-hydroxylation sites is 1. The second kappa shape index (κ2) is 7.80. The molecule has 6 heteroatoms. The standard InChI is InChI=1S/C27H18ClN3OS/c1-30-20-6-2-3-7-22(20)33-23-14-11-18(16-21(23)30)27(32)26-25(17-9-12-19(28)13-10-17)29-24-8-4-5-15-31(24)26/h2-16H,1H3. The predicted octanol–water partition coefficient (Wildman–Crippen LogP) is 7.12. The number of carbonyl (C=O) groups is 1. The van der Waals surface area contributed by atoms with Gasteiger partial charge in [-0.1, -0.05) is 53.7 Å². The fourth-order valence-electron chi connectivity index (χ4n) is 4.23. The van der Waals surface area contributed by atoms with Crippen molar-refractivity contribution in [1.82, 2.24) is 9.38 Å². The number of nitrogens with zero attached hydrogens (tertiary/aromatic N) is 3. The summed E-state index contributed by atoms with van der Waals surface area (Å²) in [5.41, 5.74) is 5.55. The number of rotatable bonds is 3. The molecule has 0 bridgehead atoms. The van der Waals surface area contributed by atoms with E-state index in [0.29, 0.717) is 22.0 Å². The summed E-state index contributed by atoms with van der Waals surface area (Å²) < 4.78 is 1.86. The molecule has 0 unspecified atom stereocenters. The van der Waals surface area contributed by atoms with Gasteiger partial charge in [0.2, 0.25) is 5.78 Å². The Balaban J connectivity index is 1.49. The third kappa shape index (κ3) is 3.32. The van der Waals surface area contributed by atoms with E-state index in [0.717, 1.165) is 27.5 Å². The van der Waals surface area contributed by atoms with E-state index in [-0.39, 0.29) is 5.78 Å². The highest BCUT2D eigenvalue weighted by Gasteiger charge is 2.25. The lowest BCUT2D eigenvalue weighted by molar-refractivity contribution is 0.103. The Hall–Kier alpha value is -3.54. The van der Waals surface area contributed by atoms with E-state index >= 15 is 0 Å². The molecule has 2 aromatic heterocycles. The number of hydrogen-bond acceptors (Lipinski definition) is 4. The van der Waals surface area contributed by atoms with Gasteiger partial charge in [0.1, 0.15) is 17.0 Å². The number of benzene rings is 3. The van der Waals surface area contributed by atoms with Gasteiger partial charge >= 0.3 is 0 Å². The van der Waals surface area contributed by atoms with E-state index in [4.69, 9.17) is 16.6 Å². The van der Waals surface area contributed by atoms with Crippen molar-refractivity contribution in [1.29, 1.82) is 0 Å². The largest absolute Gasteiger partial charge is 0.343 e. The molecule has 0 amide bonds. The summed E-state index contributed by atoms with van der Waals surface area (Å²) in [6.45, 7) is 0. The van der Waals surface area contributed by atoms with Crippen LogP contribution in [0.15, 0.2) is 101 Å². The van der Waals surface area contributed by atoms with Crippen molar-refractivity contribution in [2.45, 2.75) is 9.79 Å². The summed E-state index contributed by atoms with van der Waals surface area (Å²) in [7, 11) is 2.04. The molecule has 0 fully saturated rings. The van der Waals surface area contributed by atoms with E-state index < -0.39 is 0 Å². The zero-order valence-electron chi connectivity index (χ0n) is 17.7. The van der Waals surface area contributed by atoms with Crippen molar-refractivity contribution in [3.8, 4) is 11.3 Å². The van der Waals surface area contributed by atoms with E-state index in [2.05, 4.69) is 17.0 Å². The Morgan fingerprint density at radius 1 is 0.879 bits per heavy atom. The van der Waals surface area contributed by atoms with E-state index in [9.17, 15) is 4.79 Å². The maximum Gasteiger partial charge on any atom is 0.212 e. The lowest BCUT2D eigenvalue weighted by Crippen LogP contribution is -2.16. The molecule has 5 aromatic rings. The fourth-order valence-corrected chi connectivity index (χ4v) is 5.49. The smallest absolute Gasteiger partial charge is 0.212 e. The lowest BCUT2D eigenvalue weighted by atomic mass is 10.0. The van der Waals surface area contributed by atoms with Crippen LogP contribution in [-0.4, -0.2) is 22.2 Å². The molecule has 0 aliphatic carbocycles. The first-order valence-corrected chi connectivity index (χ1v) is 11.7. The first-order chi connectivity index (χ1) is 16.1. The zero-order chi connectivity index (χ0) is 22.5. The van der Waals surface area contributed by atoms with Gasteiger partial charge in [0.15, 0.2) is 0 Å². The minimum atomic E-state index is -0.0706. The summed E-state index contributed by atoms with van der Waals surface area (Å²) in [4.78, 5) is 23.2. The van der Waals surface area contributed by atoms with Crippen LogP contribution in [0.2, 0.25) is 5.02 Å². The molecule has 0 saturated carbocycles. The first kappa shape index (κ1) is 20.1. The summed E-state index contributed by atoms with van der Waals surface area (Å²) in [5, 5.41) is 0.644. The molecule has 0 atom stereocenters. The van der Waals surface area contributed by atoms with Gasteiger partial charge in [-0.15, -0.1) is 0 Å². The van der Waals surface area contributed by atoms with E-state index in [1.54, 1.807) is 11.8 Å². The van der Waals surface area contributed by atoms with E-state index in [1.165, 1.54) is 4.90 Å². The second-order valence-electron chi connectivity index (χ2n) is 7.89. The van der Waals surface area contributed by atoms with Crippen LogP contribution in [0.4, 0.5) is 11.4 Å². The van der Waals surface area contributed by atoms with Crippen LogP contribution in [0.3, 0.4) is 0 Å². The molecule has 0 N–H and O–H groups in total. The monoisotopic (exact) mass is 467 g/mol. The Kier molecular flexibility index (Phi) is 4.75. The average Bonchev–Trinajstić information content (AvgIpc) is 3.23. The third-order valence-electron chi connectivity index (χ3n) is 5.89. The number of anilines is 2. The van der Waals surface area contributed by atoms with Gasteiger partial charge in [0, 0.05) is 39.2 Å². The van der Waals surface area contributed by atoms with Crippen LogP contribution >= 0.6 is 23.4 Å². The summed E-state index contributed by atoms with van der Waals surface area (Å²) in [6, 6.07) is 27.4. The highest BCUT2D eigenvalue weighted by atomic mass is 35.5. The van der Waals surface area contributed by atoms with Gasteiger partial charge in [-0.2, -0.15) is 0 Å². The molecule has 0 radical (unpaired) electrons. The molecule has 1 aliphatic heterocycles. The van der Waals surface area contributed by atoms with Crippen molar-refractivity contribution < 1.29 is 4.79 Å². The summed E-state index contributed by atoms with van der Waals surface area (Å²) in [6.07, 6.45) is 1.88. The normalized spacial score (nSPS) is 12.5. The highest BCUT2D eigenvalue weighted by molar-refractivity contribution is 7.99. The Labute approximate surface area is 200 Å². The van der Waals surface area contributed by atoms with Gasteiger partial charge in [-0.25, -0.2) is 4.98 Å². The minimum absolute atomic E-state index is 0.0706. The Bertz CT molecular complexity index is 1540. The maximum atomic E-state index is 13.9. The summed E-state index contributed by atoms with van der Waals surface area (Å²) >= 11 is 7.82. The predicted molar refractivity (Wildman–Crippen MR) is 134 cm³/mol. The van der Waals surface area contributed by atoms with Crippen LogP contribution in [0.25, 0.3) is 16.9 Å². The third-order valence-corrected chi connectivity index (χ3v) is 7.27. The quantitative estimate of drug-likeness (QED) is 0.265. The van der Waals surface area contributed by atoms with Gasteiger partial charge in [-0.3, -0.25) is 9.20 Å². The molecule has 1 aliphatic rings. The molecule has 33 heavy (non-hydrogen) atoms. The Morgan fingerprint density at radius 2 is 1.64 bits per heavy atom. The van der Waals surface area contributed by atoms with Crippen molar-refractivity contribution >= 4 is 46.2 Å². The van der Waals surface area contributed by atoms with Crippen molar-refractivity contribution in [2.24, 2.45) is 0 Å². The lowest BCUT2D eigenvalue weighted by Gasteiger charge is -2.29. The van der Waals surface area contributed by atoms with Crippen molar-refractivity contribution in [3.05, 3.63) is 107 Å². The average molecular weight is 468 g/mol. The molecule has 3 aromatic carbocycles. The fraction of sp³-hybridized carbons (Fsp3) is 0.0370. The van der Waals surface area contributed by atoms with Crippen LogP contribution in [-0.2, 0) is 0 Å². The second-order valence-corrected chi connectivity index (χ2v) is 9.41. The number of imidazole rings is 1. The highest BCUT2D eigenvalue weighted by Crippen LogP contribution is 2.47. The van der Waals surface area contributed by atoms with Crippen LogP contribution in [0, 0.1) is 0 Å². The van der Waals surface area contributed by atoms with Crippen molar-refractivity contribution in [2.75, 3.05) is 11.9 Å². The number of halogens is 1. The van der Waals surface area contributed by atoms with Gasteiger partial charge in [0.05, 0.1) is 11.4 Å². The molecule has 6 rings (SSSR count). The van der Waals surface area contributed by atoms with E-state index in [1.807, 2.05) is 90.4 Å². The number of ketones is 1. The first-order valence-electron chi connectivity index (χ1n) is 10.5. The van der Waals surface area contributed by atoms with Crippen LogP contribution in [0.5, 0.6) is 0 Å². The summed E-state index contributed by atoms with van der Waals surface area (Å²) in [5.74, 6) is -0.0706.